The molecule has 0 amide bonds. The average Bonchev–Trinajstić information content (AvgIpc) is 3.21. The smallest absolute Gasteiger partial charge is 0.175 e. The number of rotatable bonds is 4. The van der Waals surface area contributed by atoms with Crippen LogP contribution in [0.4, 0.5) is 22.7 Å². The monoisotopic (exact) mass is 438 g/mol. The minimum atomic E-state index is -0.610. The summed E-state index contributed by atoms with van der Waals surface area (Å²) in [4.78, 5) is 5.01. The van der Waals surface area contributed by atoms with Crippen molar-refractivity contribution in [3.8, 4) is 0 Å². The van der Waals surface area contributed by atoms with E-state index in [1.54, 1.807) is 0 Å². The van der Waals surface area contributed by atoms with Gasteiger partial charge in [0.05, 0.1) is 11.4 Å². The fraction of sp³-hybridized carbons (Fsp3) is 0.0625. The topological polar surface area (TPSA) is 6.48 Å². The van der Waals surface area contributed by atoms with Crippen LogP contribution in [0.2, 0.25) is 0 Å². The number of para-hydroxylation sites is 2. The van der Waals surface area contributed by atoms with E-state index in [-0.39, 0.29) is 0 Å². The number of benzene rings is 5. The standard InChI is InChI=1S/C32H26N2/c1-25-22-23-30-31(24-25)34(29-20-12-5-13-21-29)32(26-14-6-2-7-15-26,27-16-8-3-9-17-27)33(30)28-18-10-4-11-19-28/h2-24H,1H3. The van der Waals surface area contributed by atoms with Gasteiger partial charge in [-0.05, 0) is 48.9 Å². The Morgan fingerprint density at radius 2 is 0.853 bits per heavy atom. The van der Waals surface area contributed by atoms with Crippen LogP contribution in [-0.4, -0.2) is 0 Å². The van der Waals surface area contributed by atoms with Crippen LogP contribution in [0.3, 0.4) is 0 Å². The van der Waals surface area contributed by atoms with E-state index < -0.39 is 5.66 Å². The van der Waals surface area contributed by atoms with Crippen molar-refractivity contribution in [2.45, 2.75) is 12.6 Å². The Kier molecular flexibility index (Phi) is 4.92. The summed E-state index contributed by atoms with van der Waals surface area (Å²) < 4.78 is 0. The van der Waals surface area contributed by atoms with Crippen molar-refractivity contribution in [1.82, 2.24) is 0 Å². The van der Waals surface area contributed by atoms with E-state index in [0.29, 0.717) is 0 Å². The molecule has 0 atom stereocenters. The van der Waals surface area contributed by atoms with Gasteiger partial charge in [0.1, 0.15) is 0 Å². The summed E-state index contributed by atoms with van der Waals surface area (Å²) in [5.74, 6) is 0. The first-order valence-electron chi connectivity index (χ1n) is 11.7. The van der Waals surface area contributed by atoms with E-state index in [1.807, 2.05) is 0 Å². The first-order valence-corrected chi connectivity index (χ1v) is 11.7. The minimum Gasteiger partial charge on any atom is -0.308 e. The highest BCUT2D eigenvalue weighted by molar-refractivity contribution is 5.93. The second-order valence-electron chi connectivity index (χ2n) is 8.74. The Morgan fingerprint density at radius 3 is 1.32 bits per heavy atom. The maximum atomic E-state index is 2.51. The lowest BCUT2D eigenvalue weighted by Crippen LogP contribution is -2.51. The van der Waals surface area contributed by atoms with Gasteiger partial charge < -0.3 is 9.80 Å². The molecule has 0 aliphatic carbocycles. The van der Waals surface area contributed by atoms with Crippen molar-refractivity contribution in [2.24, 2.45) is 0 Å². The molecule has 2 heteroatoms. The Bertz CT molecular complexity index is 1360. The van der Waals surface area contributed by atoms with E-state index in [1.165, 1.54) is 28.1 Å². The highest BCUT2D eigenvalue weighted by Crippen LogP contribution is 2.59. The van der Waals surface area contributed by atoms with Gasteiger partial charge in [-0.3, -0.25) is 0 Å². The molecule has 1 aliphatic heterocycles. The Balaban J connectivity index is 1.79. The zero-order chi connectivity index (χ0) is 23.0. The Morgan fingerprint density at radius 1 is 0.441 bits per heavy atom. The molecule has 0 fully saturated rings. The minimum absolute atomic E-state index is 0.610. The molecule has 6 rings (SSSR count). The summed E-state index contributed by atoms with van der Waals surface area (Å²) in [6.07, 6.45) is 0. The number of aryl methyl sites for hydroxylation is 1. The number of fused-ring (bicyclic) bond motifs is 1. The van der Waals surface area contributed by atoms with Crippen molar-refractivity contribution in [3.63, 3.8) is 0 Å². The zero-order valence-electron chi connectivity index (χ0n) is 19.2. The maximum Gasteiger partial charge on any atom is 0.175 e. The van der Waals surface area contributed by atoms with E-state index in [0.717, 1.165) is 11.4 Å². The van der Waals surface area contributed by atoms with Crippen LogP contribution in [0, 0.1) is 6.92 Å². The fourth-order valence-corrected chi connectivity index (χ4v) is 5.28. The molecule has 2 nitrogen and oxygen atoms in total. The largest absolute Gasteiger partial charge is 0.308 e. The third-order valence-corrected chi connectivity index (χ3v) is 6.64. The molecule has 0 aromatic heterocycles. The predicted octanol–water partition coefficient (Wildman–Crippen LogP) is 8.19. The van der Waals surface area contributed by atoms with Crippen LogP contribution in [0.15, 0.2) is 140 Å². The van der Waals surface area contributed by atoms with Gasteiger partial charge >= 0.3 is 0 Å². The lowest BCUT2D eigenvalue weighted by molar-refractivity contribution is 0.559. The summed E-state index contributed by atoms with van der Waals surface area (Å²) in [7, 11) is 0. The fourth-order valence-electron chi connectivity index (χ4n) is 5.28. The predicted molar refractivity (Wildman–Crippen MR) is 142 cm³/mol. The van der Waals surface area contributed by atoms with Gasteiger partial charge in [-0.2, -0.15) is 0 Å². The van der Waals surface area contributed by atoms with E-state index >= 15 is 0 Å². The molecule has 34 heavy (non-hydrogen) atoms. The molecular formula is C32H26N2. The van der Waals surface area contributed by atoms with Crippen LogP contribution in [0.1, 0.15) is 16.7 Å². The molecule has 164 valence electrons. The molecule has 0 spiro atoms. The number of nitrogens with zero attached hydrogens (tertiary/aromatic N) is 2. The quantitative estimate of drug-likeness (QED) is 0.279. The van der Waals surface area contributed by atoms with Crippen LogP contribution >= 0.6 is 0 Å². The summed E-state index contributed by atoms with van der Waals surface area (Å²) >= 11 is 0. The Labute approximate surface area is 201 Å². The molecule has 0 bridgehead atoms. The average molecular weight is 439 g/mol. The maximum absolute atomic E-state index is 2.51. The van der Waals surface area contributed by atoms with Gasteiger partial charge in [0.15, 0.2) is 5.66 Å². The first-order chi connectivity index (χ1) is 16.8. The summed E-state index contributed by atoms with van der Waals surface area (Å²) in [6.45, 7) is 2.17. The van der Waals surface area contributed by atoms with Crippen molar-refractivity contribution in [1.29, 1.82) is 0 Å². The van der Waals surface area contributed by atoms with Gasteiger partial charge in [-0.15, -0.1) is 0 Å². The molecule has 1 heterocycles. The second-order valence-corrected chi connectivity index (χ2v) is 8.74. The molecule has 0 unspecified atom stereocenters. The Hall–Kier alpha value is -4.30. The molecule has 0 saturated heterocycles. The van der Waals surface area contributed by atoms with Crippen LogP contribution in [0.25, 0.3) is 0 Å². The van der Waals surface area contributed by atoms with Gasteiger partial charge in [0.2, 0.25) is 0 Å². The van der Waals surface area contributed by atoms with Crippen LogP contribution in [0.5, 0.6) is 0 Å². The number of anilines is 4. The first kappa shape index (κ1) is 20.3. The number of hydrogen-bond acceptors (Lipinski definition) is 2. The second kappa shape index (κ2) is 8.24. The highest BCUT2D eigenvalue weighted by Gasteiger charge is 2.53. The van der Waals surface area contributed by atoms with E-state index in [4.69, 9.17) is 0 Å². The lowest BCUT2D eigenvalue weighted by Gasteiger charge is -2.47. The van der Waals surface area contributed by atoms with Crippen molar-refractivity contribution in [2.75, 3.05) is 9.80 Å². The third-order valence-electron chi connectivity index (χ3n) is 6.64. The molecule has 0 N–H and O–H groups in total. The van der Waals surface area contributed by atoms with Crippen molar-refractivity contribution >= 4 is 22.7 Å². The van der Waals surface area contributed by atoms with Gasteiger partial charge in [0.25, 0.3) is 0 Å². The van der Waals surface area contributed by atoms with E-state index in [2.05, 4.69) is 156 Å². The SMILES string of the molecule is Cc1ccc2c(c1)N(c1ccccc1)C(c1ccccc1)(c1ccccc1)N2c1ccccc1. The highest BCUT2D eigenvalue weighted by atomic mass is 15.5. The van der Waals surface area contributed by atoms with Gasteiger partial charge in [-0.25, -0.2) is 0 Å². The van der Waals surface area contributed by atoms with Crippen molar-refractivity contribution < 1.29 is 0 Å². The van der Waals surface area contributed by atoms with Gasteiger partial charge in [-0.1, -0.05) is 103 Å². The van der Waals surface area contributed by atoms with E-state index in [9.17, 15) is 0 Å². The molecule has 1 aliphatic rings. The molecular weight excluding hydrogens is 412 g/mol. The van der Waals surface area contributed by atoms with Crippen molar-refractivity contribution in [3.05, 3.63) is 156 Å². The summed E-state index contributed by atoms with van der Waals surface area (Å²) in [6, 6.07) is 50.0. The summed E-state index contributed by atoms with van der Waals surface area (Å²) in [5.41, 5.74) is 7.74. The zero-order valence-corrected chi connectivity index (χ0v) is 19.2. The summed E-state index contributed by atoms with van der Waals surface area (Å²) in [5, 5.41) is 0. The molecule has 0 radical (unpaired) electrons. The third kappa shape index (κ3) is 3.03. The molecule has 5 aromatic rings. The normalized spacial score (nSPS) is 14.1. The molecule has 0 saturated carbocycles. The van der Waals surface area contributed by atoms with Crippen LogP contribution < -0.4 is 9.80 Å². The molecule has 5 aromatic carbocycles. The lowest BCUT2D eigenvalue weighted by atomic mass is 9.87. The van der Waals surface area contributed by atoms with Gasteiger partial charge in [0, 0.05) is 22.5 Å². The van der Waals surface area contributed by atoms with Crippen LogP contribution in [-0.2, 0) is 5.66 Å². The number of hydrogen-bond donors (Lipinski definition) is 0.